The second kappa shape index (κ2) is 7.85. The number of hydrogen-bond donors (Lipinski definition) is 2. The van der Waals surface area contributed by atoms with Crippen LogP contribution in [-0.2, 0) is 17.9 Å². The number of nitrogens with one attached hydrogen (secondary N) is 1. The number of hydrogen-bond acceptors (Lipinski definition) is 3. The molecule has 0 spiro atoms. The summed E-state index contributed by atoms with van der Waals surface area (Å²) in [4.78, 5) is 14.0. The summed E-state index contributed by atoms with van der Waals surface area (Å²) in [5.74, 6) is -0.496. The smallest absolute Gasteiger partial charge is 0.241 e. The molecule has 0 aliphatic rings. The van der Waals surface area contributed by atoms with Crippen LogP contribution >= 0.6 is 0 Å². The van der Waals surface area contributed by atoms with Gasteiger partial charge in [-0.05, 0) is 37.4 Å². The molecule has 1 atom stereocenters. The van der Waals surface area contributed by atoms with Crippen molar-refractivity contribution in [1.29, 1.82) is 0 Å². The van der Waals surface area contributed by atoms with Gasteiger partial charge in [0.1, 0.15) is 11.9 Å². The van der Waals surface area contributed by atoms with Crippen LogP contribution in [0.2, 0.25) is 0 Å². The van der Waals surface area contributed by atoms with Gasteiger partial charge in [0.15, 0.2) is 0 Å². The van der Waals surface area contributed by atoms with E-state index < -0.39 is 6.04 Å². The molecular weight excluding hydrogens is 293 g/mol. The van der Waals surface area contributed by atoms with Crippen LogP contribution in [0.15, 0.2) is 48.5 Å². The Balaban J connectivity index is 1.99. The molecule has 0 fully saturated rings. The first kappa shape index (κ1) is 17.1. The van der Waals surface area contributed by atoms with Crippen LogP contribution in [0, 0.1) is 5.82 Å². The van der Waals surface area contributed by atoms with Crippen molar-refractivity contribution < 1.29 is 9.18 Å². The summed E-state index contributed by atoms with van der Waals surface area (Å²) in [7, 11) is 3.76. The van der Waals surface area contributed by atoms with Crippen LogP contribution in [-0.4, -0.2) is 24.9 Å². The van der Waals surface area contributed by atoms with E-state index in [9.17, 15) is 9.18 Å². The molecule has 1 unspecified atom stereocenters. The summed E-state index contributed by atoms with van der Waals surface area (Å²) >= 11 is 0. The number of carbonyl (C=O) groups is 1. The number of halogens is 1. The second-order valence-corrected chi connectivity index (χ2v) is 5.77. The Morgan fingerprint density at radius 2 is 1.91 bits per heavy atom. The zero-order chi connectivity index (χ0) is 16.8. The molecule has 1 amide bonds. The van der Waals surface area contributed by atoms with Crippen molar-refractivity contribution in [1.82, 2.24) is 10.2 Å². The minimum atomic E-state index is -0.710. The molecule has 0 heterocycles. The number of nitrogens with two attached hydrogens (primary N) is 1. The second-order valence-electron chi connectivity index (χ2n) is 5.77. The highest BCUT2D eigenvalue weighted by Gasteiger charge is 2.15. The van der Waals surface area contributed by atoms with Crippen molar-refractivity contribution >= 4 is 5.91 Å². The number of benzene rings is 2. The van der Waals surface area contributed by atoms with Crippen LogP contribution in [0.5, 0.6) is 0 Å². The van der Waals surface area contributed by atoms with Crippen LogP contribution in [0.4, 0.5) is 4.39 Å². The fraction of sp³-hybridized carbons (Fsp3) is 0.278. The Hall–Kier alpha value is -2.24. The van der Waals surface area contributed by atoms with Gasteiger partial charge >= 0.3 is 0 Å². The van der Waals surface area contributed by atoms with Gasteiger partial charge in [-0.15, -0.1) is 0 Å². The molecular formula is C18H22FN3O. The summed E-state index contributed by atoms with van der Waals surface area (Å²) in [5.41, 5.74) is 8.16. The molecule has 4 nitrogen and oxygen atoms in total. The average molecular weight is 315 g/mol. The maximum Gasteiger partial charge on any atom is 0.241 e. The molecule has 23 heavy (non-hydrogen) atoms. The van der Waals surface area contributed by atoms with Crippen molar-refractivity contribution in [3.05, 3.63) is 71.0 Å². The lowest BCUT2D eigenvalue weighted by molar-refractivity contribution is -0.122. The van der Waals surface area contributed by atoms with E-state index in [1.165, 1.54) is 6.07 Å². The molecule has 0 radical (unpaired) electrons. The first-order chi connectivity index (χ1) is 11.0. The number of amides is 1. The van der Waals surface area contributed by atoms with Gasteiger partial charge in [0.25, 0.3) is 0 Å². The average Bonchev–Trinajstić information content (AvgIpc) is 2.55. The highest BCUT2D eigenvalue weighted by atomic mass is 19.1. The molecule has 5 heteroatoms. The van der Waals surface area contributed by atoms with Gasteiger partial charge in [0.05, 0.1) is 0 Å². The minimum absolute atomic E-state index is 0.241. The van der Waals surface area contributed by atoms with E-state index in [-0.39, 0.29) is 11.7 Å². The molecule has 0 aromatic heterocycles. The minimum Gasteiger partial charge on any atom is -0.350 e. The predicted molar refractivity (Wildman–Crippen MR) is 89.0 cm³/mol. The van der Waals surface area contributed by atoms with Crippen LogP contribution in [0.3, 0.4) is 0 Å². The van der Waals surface area contributed by atoms with Crippen LogP contribution in [0.25, 0.3) is 0 Å². The maximum absolute atomic E-state index is 13.7. The monoisotopic (exact) mass is 315 g/mol. The third kappa shape index (κ3) is 4.87. The zero-order valence-corrected chi connectivity index (χ0v) is 13.4. The van der Waals surface area contributed by atoms with E-state index in [1.807, 2.05) is 49.3 Å². The maximum atomic E-state index is 13.7. The van der Waals surface area contributed by atoms with Crippen molar-refractivity contribution in [3.8, 4) is 0 Å². The molecule has 2 aromatic rings. The van der Waals surface area contributed by atoms with Crippen molar-refractivity contribution in [2.45, 2.75) is 19.1 Å². The number of carbonyl (C=O) groups excluding carboxylic acids is 1. The van der Waals surface area contributed by atoms with Gasteiger partial charge in [0.2, 0.25) is 5.91 Å². The Morgan fingerprint density at radius 3 is 2.57 bits per heavy atom. The predicted octanol–water partition coefficient (Wildman–Crippen LogP) is 2.20. The summed E-state index contributed by atoms with van der Waals surface area (Å²) in [5, 5.41) is 2.80. The SMILES string of the molecule is CN(C)Cc1cc(CNC(=O)C(N)c2ccccc2)ccc1F. The van der Waals surface area contributed by atoms with E-state index in [2.05, 4.69) is 5.32 Å². The molecule has 0 saturated heterocycles. The third-order valence-corrected chi connectivity index (χ3v) is 3.50. The van der Waals surface area contributed by atoms with E-state index in [1.54, 1.807) is 12.1 Å². The Kier molecular flexibility index (Phi) is 5.84. The molecule has 0 bridgehead atoms. The van der Waals surface area contributed by atoms with E-state index >= 15 is 0 Å². The molecule has 0 aliphatic carbocycles. The molecule has 0 saturated carbocycles. The quantitative estimate of drug-likeness (QED) is 0.859. The Labute approximate surface area is 136 Å². The van der Waals surface area contributed by atoms with Gasteiger partial charge in [-0.25, -0.2) is 4.39 Å². The lowest BCUT2D eigenvalue weighted by Crippen LogP contribution is -2.33. The van der Waals surface area contributed by atoms with E-state index in [0.717, 1.165) is 11.1 Å². The van der Waals surface area contributed by atoms with E-state index in [0.29, 0.717) is 18.7 Å². The van der Waals surface area contributed by atoms with Gasteiger partial charge in [-0.3, -0.25) is 4.79 Å². The Bertz CT molecular complexity index is 659. The molecule has 2 aromatic carbocycles. The topological polar surface area (TPSA) is 58.4 Å². The Morgan fingerprint density at radius 1 is 1.22 bits per heavy atom. The normalized spacial score (nSPS) is 12.2. The fourth-order valence-corrected chi connectivity index (χ4v) is 2.31. The standard InChI is InChI=1S/C18H22FN3O/c1-22(2)12-15-10-13(8-9-16(15)19)11-21-18(23)17(20)14-6-4-3-5-7-14/h3-10,17H,11-12,20H2,1-2H3,(H,21,23). The lowest BCUT2D eigenvalue weighted by Gasteiger charge is -2.14. The fourth-order valence-electron chi connectivity index (χ4n) is 2.31. The van der Waals surface area contributed by atoms with Crippen molar-refractivity contribution in [2.24, 2.45) is 5.73 Å². The van der Waals surface area contributed by atoms with Crippen molar-refractivity contribution in [3.63, 3.8) is 0 Å². The summed E-state index contributed by atoms with van der Waals surface area (Å²) in [6, 6.07) is 13.3. The van der Waals surface area contributed by atoms with Crippen LogP contribution in [0.1, 0.15) is 22.7 Å². The molecule has 0 aliphatic heterocycles. The van der Waals surface area contributed by atoms with Crippen LogP contribution < -0.4 is 11.1 Å². The van der Waals surface area contributed by atoms with Gasteiger partial charge in [-0.1, -0.05) is 36.4 Å². The first-order valence-corrected chi connectivity index (χ1v) is 7.47. The van der Waals surface area contributed by atoms with Gasteiger partial charge < -0.3 is 16.0 Å². The molecule has 122 valence electrons. The number of rotatable bonds is 6. The van der Waals surface area contributed by atoms with E-state index in [4.69, 9.17) is 5.73 Å². The highest BCUT2D eigenvalue weighted by Crippen LogP contribution is 2.13. The van der Waals surface area contributed by atoms with Gasteiger partial charge in [-0.2, -0.15) is 0 Å². The summed E-state index contributed by atoms with van der Waals surface area (Å²) in [6.07, 6.45) is 0. The summed E-state index contributed by atoms with van der Waals surface area (Å²) < 4.78 is 13.7. The number of nitrogens with zero attached hydrogens (tertiary/aromatic N) is 1. The largest absolute Gasteiger partial charge is 0.350 e. The highest BCUT2D eigenvalue weighted by molar-refractivity contribution is 5.82. The molecule has 2 rings (SSSR count). The first-order valence-electron chi connectivity index (χ1n) is 7.47. The third-order valence-electron chi connectivity index (χ3n) is 3.50. The summed E-state index contributed by atoms with van der Waals surface area (Å²) in [6.45, 7) is 0.831. The van der Waals surface area contributed by atoms with Crippen molar-refractivity contribution in [2.75, 3.05) is 14.1 Å². The zero-order valence-electron chi connectivity index (χ0n) is 13.4. The molecule has 3 N–H and O–H groups in total. The lowest BCUT2D eigenvalue weighted by atomic mass is 10.1. The van der Waals surface area contributed by atoms with Gasteiger partial charge in [0, 0.05) is 18.7 Å².